The summed E-state index contributed by atoms with van der Waals surface area (Å²) in [6.07, 6.45) is 3.14. The molecule has 140 valence electrons. The van der Waals surface area contributed by atoms with Crippen molar-refractivity contribution in [2.24, 2.45) is 10.6 Å². The maximum Gasteiger partial charge on any atom is 0.416 e. The lowest BCUT2D eigenvalue weighted by atomic mass is 9.95. The van der Waals surface area contributed by atoms with Gasteiger partial charge in [-0.25, -0.2) is 18.5 Å². The van der Waals surface area contributed by atoms with E-state index in [1.807, 2.05) is 0 Å². The van der Waals surface area contributed by atoms with Crippen LogP contribution in [0.1, 0.15) is 29.5 Å². The van der Waals surface area contributed by atoms with Crippen LogP contribution in [0.15, 0.2) is 59.8 Å². The molecule has 27 heavy (non-hydrogen) atoms. The Kier molecular flexibility index (Phi) is 3.83. The highest BCUT2D eigenvalue weighted by Crippen LogP contribution is 2.57. The number of hydrogen-bond donors (Lipinski definition) is 1. The zero-order chi connectivity index (χ0) is 19.4. The smallest absolute Gasteiger partial charge is 0.243 e. The van der Waals surface area contributed by atoms with E-state index in [1.165, 1.54) is 24.4 Å². The molecule has 1 saturated carbocycles. The van der Waals surface area contributed by atoms with Crippen molar-refractivity contribution in [2.75, 3.05) is 0 Å². The largest absolute Gasteiger partial charge is 0.416 e. The number of sulfonamides is 1. The molecule has 0 unspecified atom stereocenters. The van der Waals surface area contributed by atoms with Gasteiger partial charge in [-0.15, -0.1) is 0 Å². The van der Waals surface area contributed by atoms with Gasteiger partial charge in [-0.05, 0) is 53.8 Å². The average molecular weight is 392 g/mol. The predicted octanol–water partition coefficient (Wildman–Crippen LogP) is 4.01. The van der Waals surface area contributed by atoms with Gasteiger partial charge in [-0.3, -0.25) is 0 Å². The van der Waals surface area contributed by atoms with Crippen molar-refractivity contribution >= 4 is 21.2 Å². The summed E-state index contributed by atoms with van der Waals surface area (Å²) in [4.78, 5) is 3.91. The first-order valence-corrected chi connectivity index (χ1v) is 9.75. The minimum absolute atomic E-state index is 0.0635. The van der Waals surface area contributed by atoms with Gasteiger partial charge in [-0.1, -0.05) is 24.3 Å². The molecule has 0 saturated heterocycles. The number of pyridine rings is 1. The Hall–Kier alpha value is -2.45. The number of primary sulfonamides is 1. The standard InChI is InChI=1S/C19H15F3N2O2S/c20-19(21,22)14-4-1-12(2-5-14)15-9-18(7-8-18)10-16(15)13-3-6-17(24-11-13)27(23,25)26/h1-6,9-11H,7-8H2,(H2,23,25,26). The van der Waals surface area contributed by atoms with Gasteiger partial charge in [0.25, 0.3) is 10.0 Å². The molecule has 0 aliphatic heterocycles. The maximum absolute atomic E-state index is 12.8. The molecule has 1 spiro atoms. The molecule has 1 heterocycles. The molecule has 1 fully saturated rings. The number of nitrogens with zero attached hydrogens (tertiary/aromatic N) is 1. The molecule has 4 nitrogen and oxygen atoms in total. The summed E-state index contributed by atoms with van der Waals surface area (Å²) in [5.74, 6) is 0. The normalized spacial score (nSPS) is 18.4. The van der Waals surface area contributed by atoms with Crippen LogP contribution in [0.25, 0.3) is 11.1 Å². The maximum atomic E-state index is 12.8. The lowest BCUT2D eigenvalue weighted by Gasteiger charge is -2.12. The second-order valence-corrected chi connectivity index (χ2v) is 8.36. The number of rotatable bonds is 3. The fourth-order valence-corrected chi connectivity index (χ4v) is 3.69. The molecular weight excluding hydrogens is 377 g/mol. The molecule has 2 aliphatic rings. The molecule has 1 aromatic carbocycles. The van der Waals surface area contributed by atoms with Crippen LogP contribution >= 0.6 is 0 Å². The molecule has 0 amide bonds. The van der Waals surface area contributed by atoms with Crippen LogP contribution < -0.4 is 5.14 Å². The number of alkyl halides is 3. The summed E-state index contributed by atoms with van der Waals surface area (Å²) in [5, 5.41) is 4.84. The van der Waals surface area contributed by atoms with Crippen molar-refractivity contribution in [3.05, 3.63) is 71.4 Å². The summed E-state index contributed by atoms with van der Waals surface area (Å²) in [5.41, 5.74) is 2.26. The lowest BCUT2D eigenvalue weighted by Crippen LogP contribution is -2.13. The molecule has 8 heteroatoms. The summed E-state index contributed by atoms with van der Waals surface area (Å²) in [7, 11) is -3.89. The zero-order valence-electron chi connectivity index (χ0n) is 14.0. The Morgan fingerprint density at radius 3 is 1.93 bits per heavy atom. The Morgan fingerprint density at radius 1 is 0.926 bits per heavy atom. The average Bonchev–Trinajstić information content (AvgIpc) is 3.24. The van der Waals surface area contributed by atoms with Gasteiger partial charge in [-0.2, -0.15) is 13.2 Å². The van der Waals surface area contributed by atoms with E-state index in [0.29, 0.717) is 11.1 Å². The Morgan fingerprint density at radius 2 is 1.48 bits per heavy atom. The van der Waals surface area contributed by atoms with Crippen LogP contribution in [-0.4, -0.2) is 13.4 Å². The fraction of sp³-hybridized carbons (Fsp3) is 0.211. The van der Waals surface area contributed by atoms with Crippen molar-refractivity contribution in [3.8, 4) is 0 Å². The number of nitrogens with two attached hydrogens (primary N) is 1. The Balaban J connectivity index is 1.72. The third kappa shape index (κ3) is 3.42. The third-order valence-electron chi connectivity index (χ3n) is 4.84. The Bertz CT molecular complexity index is 1060. The molecule has 2 aliphatic carbocycles. The van der Waals surface area contributed by atoms with Crippen LogP contribution in [0, 0.1) is 5.41 Å². The van der Waals surface area contributed by atoms with Crippen LogP contribution in [0.2, 0.25) is 0 Å². The number of hydrogen-bond acceptors (Lipinski definition) is 3. The minimum Gasteiger partial charge on any atom is -0.243 e. The predicted molar refractivity (Wildman–Crippen MR) is 94.7 cm³/mol. The molecule has 0 bridgehead atoms. The summed E-state index contributed by atoms with van der Waals surface area (Å²) < 4.78 is 61.2. The first-order chi connectivity index (χ1) is 12.6. The summed E-state index contributed by atoms with van der Waals surface area (Å²) >= 11 is 0. The van der Waals surface area contributed by atoms with E-state index in [4.69, 9.17) is 5.14 Å². The second kappa shape index (κ2) is 5.77. The van der Waals surface area contributed by atoms with E-state index in [9.17, 15) is 21.6 Å². The van der Waals surface area contributed by atoms with Gasteiger partial charge in [0.15, 0.2) is 5.03 Å². The zero-order valence-corrected chi connectivity index (χ0v) is 14.8. The SMILES string of the molecule is NS(=O)(=O)c1ccc(C2=CC3(C=C2c2ccc(C(F)(F)F)cc2)CC3)cn1. The van der Waals surface area contributed by atoms with Crippen LogP contribution in [0.5, 0.6) is 0 Å². The van der Waals surface area contributed by atoms with E-state index in [0.717, 1.165) is 36.1 Å². The number of aromatic nitrogens is 1. The number of allylic oxidation sites excluding steroid dienone is 4. The van der Waals surface area contributed by atoms with E-state index in [-0.39, 0.29) is 10.4 Å². The van der Waals surface area contributed by atoms with Gasteiger partial charge in [0, 0.05) is 17.2 Å². The van der Waals surface area contributed by atoms with E-state index in [1.54, 1.807) is 6.07 Å². The first kappa shape index (κ1) is 17.9. The van der Waals surface area contributed by atoms with Crippen molar-refractivity contribution in [2.45, 2.75) is 24.0 Å². The Labute approximate surface area is 154 Å². The molecule has 0 radical (unpaired) electrons. The highest BCUT2D eigenvalue weighted by Gasteiger charge is 2.43. The molecule has 2 aromatic rings. The van der Waals surface area contributed by atoms with Crippen LogP contribution in [-0.2, 0) is 16.2 Å². The van der Waals surface area contributed by atoms with Crippen LogP contribution in [0.3, 0.4) is 0 Å². The van der Waals surface area contributed by atoms with Crippen LogP contribution in [0.4, 0.5) is 13.2 Å². The van der Waals surface area contributed by atoms with Gasteiger partial charge in [0.2, 0.25) is 0 Å². The van der Waals surface area contributed by atoms with Crippen molar-refractivity contribution < 1.29 is 21.6 Å². The van der Waals surface area contributed by atoms with Crippen molar-refractivity contribution in [1.29, 1.82) is 0 Å². The number of benzene rings is 1. The first-order valence-electron chi connectivity index (χ1n) is 8.20. The number of halogens is 3. The minimum atomic E-state index is -4.38. The highest BCUT2D eigenvalue weighted by molar-refractivity contribution is 7.89. The molecule has 1 aromatic heterocycles. The molecule has 2 N–H and O–H groups in total. The quantitative estimate of drug-likeness (QED) is 0.858. The highest BCUT2D eigenvalue weighted by atomic mass is 32.2. The topological polar surface area (TPSA) is 73.1 Å². The summed E-state index contributed by atoms with van der Waals surface area (Å²) in [6, 6.07) is 7.97. The monoisotopic (exact) mass is 392 g/mol. The van der Waals surface area contributed by atoms with Gasteiger partial charge in [0.05, 0.1) is 5.56 Å². The van der Waals surface area contributed by atoms with Gasteiger partial charge in [0.1, 0.15) is 0 Å². The molecule has 4 rings (SSSR count). The second-order valence-electron chi connectivity index (χ2n) is 6.85. The van der Waals surface area contributed by atoms with Crippen molar-refractivity contribution in [3.63, 3.8) is 0 Å². The molecular formula is C19H15F3N2O2S. The third-order valence-corrected chi connectivity index (χ3v) is 5.67. The van der Waals surface area contributed by atoms with E-state index in [2.05, 4.69) is 17.1 Å². The van der Waals surface area contributed by atoms with Gasteiger partial charge >= 0.3 is 6.18 Å². The van der Waals surface area contributed by atoms with E-state index >= 15 is 0 Å². The lowest BCUT2D eigenvalue weighted by molar-refractivity contribution is -0.137. The summed E-state index contributed by atoms with van der Waals surface area (Å²) in [6.45, 7) is 0. The van der Waals surface area contributed by atoms with E-state index < -0.39 is 21.8 Å². The molecule has 0 atom stereocenters. The van der Waals surface area contributed by atoms with Crippen molar-refractivity contribution in [1.82, 2.24) is 4.98 Å². The van der Waals surface area contributed by atoms with Gasteiger partial charge < -0.3 is 0 Å². The fourth-order valence-electron chi connectivity index (χ4n) is 3.23.